The largest absolute Gasteiger partial charge is 0.375 e. The Morgan fingerprint density at radius 1 is 1.03 bits per heavy atom. The van der Waals surface area contributed by atoms with E-state index in [1.165, 1.54) is 19.1 Å². The first-order valence-corrected chi connectivity index (χ1v) is 12.7. The standard InChI is InChI=1S/C26H42N4O7/c1-7-26(5,6)37-16-14-25(3,4)29-21(33)11-10-19(24(36)27-18(2)17-31)28-20(32)9-8-15-30-22(34)12-13-23(30)35/h12-13,17-19H,7-11,14-16H2,1-6H3,(H,27,36)(H,28,32)(H,29,33)/t18-,19-/m0/s1. The molecule has 0 spiro atoms. The fourth-order valence-electron chi connectivity index (χ4n) is 3.41. The van der Waals surface area contributed by atoms with E-state index in [9.17, 15) is 28.8 Å². The summed E-state index contributed by atoms with van der Waals surface area (Å²) >= 11 is 0. The van der Waals surface area contributed by atoms with E-state index < -0.39 is 41.3 Å². The summed E-state index contributed by atoms with van der Waals surface area (Å²) in [6.07, 6.45) is 4.54. The van der Waals surface area contributed by atoms with Crippen LogP contribution in [0.5, 0.6) is 0 Å². The first-order chi connectivity index (χ1) is 17.2. The summed E-state index contributed by atoms with van der Waals surface area (Å²) in [6, 6.07) is -1.79. The van der Waals surface area contributed by atoms with Crippen LogP contribution in [0.3, 0.4) is 0 Å². The van der Waals surface area contributed by atoms with Crippen LogP contribution in [0.1, 0.15) is 80.1 Å². The number of ether oxygens (including phenoxy) is 1. The van der Waals surface area contributed by atoms with Crippen LogP contribution in [0.4, 0.5) is 0 Å². The maximum Gasteiger partial charge on any atom is 0.253 e. The lowest BCUT2D eigenvalue weighted by Crippen LogP contribution is -2.50. The van der Waals surface area contributed by atoms with Gasteiger partial charge in [0.2, 0.25) is 17.7 Å². The lowest BCUT2D eigenvalue weighted by atomic mass is 9.99. The van der Waals surface area contributed by atoms with E-state index in [4.69, 9.17) is 4.74 Å². The van der Waals surface area contributed by atoms with Crippen molar-refractivity contribution in [2.75, 3.05) is 13.2 Å². The quantitative estimate of drug-likeness (QED) is 0.191. The molecule has 208 valence electrons. The van der Waals surface area contributed by atoms with Gasteiger partial charge < -0.3 is 25.5 Å². The number of aldehydes is 1. The molecule has 11 nitrogen and oxygen atoms in total. The summed E-state index contributed by atoms with van der Waals surface area (Å²) in [7, 11) is 0. The molecule has 1 heterocycles. The number of amides is 5. The van der Waals surface area contributed by atoms with E-state index in [0.29, 0.717) is 19.3 Å². The second-order valence-electron chi connectivity index (χ2n) is 10.5. The third kappa shape index (κ3) is 12.1. The fraction of sp³-hybridized carbons (Fsp3) is 0.692. The highest BCUT2D eigenvalue weighted by atomic mass is 16.5. The molecule has 0 aliphatic carbocycles. The Bertz CT molecular complexity index is 864. The van der Waals surface area contributed by atoms with Gasteiger partial charge in [0.05, 0.1) is 11.6 Å². The van der Waals surface area contributed by atoms with E-state index in [1.807, 2.05) is 34.6 Å². The first kappa shape index (κ1) is 31.9. The van der Waals surface area contributed by atoms with Crippen LogP contribution in [-0.2, 0) is 33.5 Å². The minimum absolute atomic E-state index is 0.0252. The molecule has 0 fully saturated rings. The number of imide groups is 1. The average molecular weight is 523 g/mol. The molecule has 11 heteroatoms. The number of hydrogen-bond donors (Lipinski definition) is 3. The molecule has 1 aliphatic heterocycles. The summed E-state index contributed by atoms with van der Waals surface area (Å²) in [5, 5.41) is 8.03. The molecule has 0 aromatic heterocycles. The second kappa shape index (κ2) is 14.6. The number of nitrogens with zero attached hydrogens (tertiary/aromatic N) is 1. The second-order valence-corrected chi connectivity index (χ2v) is 10.5. The molecule has 1 aliphatic rings. The minimum Gasteiger partial charge on any atom is -0.375 e. The van der Waals surface area contributed by atoms with Gasteiger partial charge in [-0.2, -0.15) is 0 Å². The normalized spacial score (nSPS) is 15.4. The summed E-state index contributed by atoms with van der Waals surface area (Å²) in [6.45, 7) is 11.9. The zero-order valence-electron chi connectivity index (χ0n) is 22.8. The minimum atomic E-state index is -1.03. The van der Waals surface area contributed by atoms with Crippen LogP contribution >= 0.6 is 0 Å². The highest BCUT2D eigenvalue weighted by molar-refractivity contribution is 6.12. The van der Waals surface area contributed by atoms with Crippen LogP contribution < -0.4 is 16.0 Å². The van der Waals surface area contributed by atoms with E-state index in [2.05, 4.69) is 16.0 Å². The number of hydrogen-bond acceptors (Lipinski definition) is 7. The summed E-state index contributed by atoms with van der Waals surface area (Å²) < 4.78 is 5.87. The molecule has 0 radical (unpaired) electrons. The van der Waals surface area contributed by atoms with Gasteiger partial charge in [0.25, 0.3) is 11.8 Å². The molecule has 3 N–H and O–H groups in total. The summed E-state index contributed by atoms with van der Waals surface area (Å²) in [4.78, 5) is 72.9. The Labute approximate surface area is 219 Å². The van der Waals surface area contributed by atoms with Crippen molar-refractivity contribution in [3.05, 3.63) is 12.2 Å². The Morgan fingerprint density at radius 2 is 1.65 bits per heavy atom. The summed E-state index contributed by atoms with van der Waals surface area (Å²) in [5.74, 6) is -2.19. The Kier molecular flexibility index (Phi) is 12.6. The van der Waals surface area contributed by atoms with Crippen LogP contribution in [0, 0.1) is 0 Å². The Morgan fingerprint density at radius 3 is 2.22 bits per heavy atom. The van der Waals surface area contributed by atoms with Crippen molar-refractivity contribution in [3.63, 3.8) is 0 Å². The third-order valence-electron chi connectivity index (χ3n) is 6.12. The Hall–Kier alpha value is -3.08. The van der Waals surface area contributed by atoms with Crippen molar-refractivity contribution in [1.29, 1.82) is 0 Å². The molecule has 0 saturated carbocycles. The molecule has 1 rings (SSSR count). The zero-order chi connectivity index (χ0) is 28.2. The Balaban J connectivity index is 2.62. The van der Waals surface area contributed by atoms with Crippen molar-refractivity contribution in [2.45, 2.75) is 103 Å². The van der Waals surface area contributed by atoms with Crippen LogP contribution in [-0.4, -0.2) is 77.1 Å². The van der Waals surface area contributed by atoms with Crippen molar-refractivity contribution < 1.29 is 33.5 Å². The molecule has 0 aromatic carbocycles. The van der Waals surface area contributed by atoms with Gasteiger partial charge in [-0.15, -0.1) is 0 Å². The van der Waals surface area contributed by atoms with E-state index in [1.54, 1.807) is 0 Å². The maximum absolute atomic E-state index is 12.6. The molecule has 0 saturated heterocycles. The molecular formula is C26H42N4O7. The van der Waals surface area contributed by atoms with Gasteiger partial charge >= 0.3 is 0 Å². The van der Waals surface area contributed by atoms with Gasteiger partial charge in [0.1, 0.15) is 12.3 Å². The zero-order valence-corrected chi connectivity index (χ0v) is 22.8. The average Bonchev–Trinajstić information content (AvgIpc) is 3.13. The molecule has 37 heavy (non-hydrogen) atoms. The highest BCUT2D eigenvalue weighted by Crippen LogP contribution is 2.17. The van der Waals surface area contributed by atoms with Gasteiger partial charge in [0.15, 0.2) is 0 Å². The monoisotopic (exact) mass is 522 g/mol. The number of rotatable bonds is 17. The number of carbonyl (C=O) groups is 6. The molecule has 2 atom stereocenters. The van der Waals surface area contributed by atoms with E-state index >= 15 is 0 Å². The van der Waals surface area contributed by atoms with Crippen molar-refractivity contribution >= 4 is 35.8 Å². The lowest BCUT2D eigenvalue weighted by molar-refractivity contribution is -0.137. The van der Waals surface area contributed by atoms with E-state index in [0.717, 1.165) is 11.3 Å². The molecule has 0 aromatic rings. The molecular weight excluding hydrogens is 480 g/mol. The third-order valence-corrected chi connectivity index (χ3v) is 6.12. The number of carbonyl (C=O) groups excluding carboxylic acids is 6. The number of nitrogens with one attached hydrogen (secondary N) is 3. The van der Waals surface area contributed by atoms with Gasteiger partial charge in [-0.1, -0.05) is 6.92 Å². The van der Waals surface area contributed by atoms with Gasteiger partial charge in [-0.3, -0.25) is 28.9 Å². The van der Waals surface area contributed by atoms with Crippen molar-refractivity contribution in [3.8, 4) is 0 Å². The topological polar surface area (TPSA) is 151 Å². The predicted octanol–water partition coefficient (Wildman–Crippen LogP) is 1.15. The van der Waals surface area contributed by atoms with Crippen molar-refractivity contribution in [2.24, 2.45) is 0 Å². The molecule has 5 amide bonds. The molecule has 0 bridgehead atoms. The van der Waals surface area contributed by atoms with Gasteiger partial charge in [0, 0.05) is 43.7 Å². The highest BCUT2D eigenvalue weighted by Gasteiger charge is 2.27. The SMILES string of the molecule is CCC(C)(C)OCCC(C)(C)NC(=O)CC[C@H](NC(=O)CCCN1C(=O)C=CC1=O)C(=O)N[C@@H](C)C=O. The predicted molar refractivity (Wildman–Crippen MR) is 137 cm³/mol. The maximum atomic E-state index is 12.6. The molecule has 0 unspecified atom stereocenters. The van der Waals surface area contributed by atoms with Gasteiger partial charge in [-0.25, -0.2) is 0 Å². The van der Waals surface area contributed by atoms with E-state index in [-0.39, 0.29) is 43.7 Å². The summed E-state index contributed by atoms with van der Waals surface area (Å²) in [5.41, 5.74) is -0.777. The lowest BCUT2D eigenvalue weighted by Gasteiger charge is -2.30. The smallest absolute Gasteiger partial charge is 0.253 e. The van der Waals surface area contributed by atoms with Crippen molar-refractivity contribution in [1.82, 2.24) is 20.9 Å². The van der Waals surface area contributed by atoms with Crippen LogP contribution in [0.25, 0.3) is 0 Å². The van der Waals surface area contributed by atoms with Crippen LogP contribution in [0.2, 0.25) is 0 Å². The van der Waals surface area contributed by atoms with Crippen LogP contribution in [0.15, 0.2) is 12.2 Å². The fourth-order valence-corrected chi connectivity index (χ4v) is 3.41. The first-order valence-electron chi connectivity index (χ1n) is 12.7. The van der Waals surface area contributed by atoms with Gasteiger partial charge in [-0.05, 0) is 60.3 Å².